The van der Waals surface area contributed by atoms with Crippen LogP contribution in [0.3, 0.4) is 0 Å². The first-order valence-corrected chi connectivity index (χ1v) is 5.17. The van der Waals surface area contributed by atoms with Crippen LogP contribution in [-0.2, 0) is 11.3 Å². The van der Waals surface area contributed by atoms with E-state index in [-0.39, 0.29) is 5.56 Å². The van der Waals surface area contributed by atoms with Gasteiger partial charge in [0.1, 0.15) is 5.82 Å². The molecular weight excluding hydrogens is 194 g/mol. The summed E-state index contributed by atoms with van der Waals surface area (Å²) < 4.78 is 6.71. The van der Waals surface area contributed by atoms with Crippen molar-refractivity contribution in [1.82, 2.24) is 9.78 Å². The van der Waals surface area contributed by atoms with Gasteiger partial charge in [-0.3, -0.25) is 4.79 Å². The second kappa shape index (κ2) is 4.44. The van der Waals surface area contributed by atoms with E-state index in [1.54, 1.807) is 0 Å². The third-order valence-corrected chi connectivity index (χ3v) is 2.66. The van der Waals surface area contributed by atoms with E-state index in [0.29, 0.717) is 18.3 Å². The van der Waals surface area contributed by atoms with Gasteiger partial charge in [0.25, 0.3) is 5.56 Å². The summed E-state index contributed by atoms with van der Waals surface area (Å²) in [6, 6.07) is 2.99. The van der Waals surface area contributed by atoms with Crippen LogP contribution >= 0.6 is 0 Å². The molecule has 5 heteroatoms. The van der Waals surface area contributed by atoms with E-state index in [9.17, 15) is 4.79 Å². The highest BCUT2D eigenvalue weighted by molar-refractivity contribution is 5.23. The minimum absolute atomic E-state index is 0.0873. The van der Waals surface area contributed by atoms with Crippen molar-refractivity contribution in [1.29, 1.82) is 0 Å². The lowest BCUT2D eigenvalue weighted by atomic mass is 10.0. The van der Waals surface area contributed by atoms with Crippen molar-refractivity contribution in [2.45, 2.75) is 19.4 Å². The fourth-order valence-electron chi connectivity index (χ4n) is 1.77. The number of ether oxygens (including phenoxy) is 1. The molecule has 1 fully saturated rings. The summed E-state index contributed by atoms with van der Waals surface area (Å²) in [5, 5.41) is 4.01. The highest BCUT2D eigenvalue weighted by Crippen LogP contribution is 2.15. The average Bonchev–Trinajstić information content (AvgIpc) is 2.25. The molecule has 1 aliphatic heterocycles. The first-order chi connectivity index (χ1) is 7.25. The zero-order valence-electron chi connectivity index (χ0n) is 8.56. The van der Waals surface area contributed by atoms with Crippen LogP contribution in [0.2, 0.25) is 0 Å². The minimum Gasteiger partial charge on any atom is -0.382 e. The summed E-state index contributed by atoms with van der Waals surface area (Å²) in [7, 11) is 0. The number of nitrogens with zero attached hydrogens (tertiary/aromatic N) is 2. The predicted molar refractivity (Wildman–Crippen MR) is 56.5 cm³/mol. The van der Waals surface area contributed by atoms with Crippen molar-refractivity contribution in [2.75, 3.05) is 18.9 Å². The van der Waals surface area contributed by atoms with Crippen molar-refractivity contribution in [3.63, 3.8) is 0 Å². The van der Waals surface area contributed by atoms with E-state index in [0.717, 1.165) is 26.1 Å². The van der Waals surface area contributed by atoms with Crippen LogP contribution in [-0.4, -0.2) is 23.0 Å². The molecule has 82 valence electrons. The molecule has 0 aromatic carbocycles. The second-order valence-corrected chi connectivity index (χ2v) is 3.83. The third-order valence-electron chi connectivity index (χ3n) is 2.66. The number of nitrogen functional groups attached to an aromatic ring is 1. The van der Waals surface area contributed by atoms with Crippen molar-refractivity contribution < 1.29 is 4.74 Å². The summed E-state index contributed by atoms with van der Waals surface area (Å²) >= 11 is 0. The zero-order valence-corrected chi connectivity index (χ0v) is 8.56. The van der Waals surface area contributed by atoms with Gasteiger partial charge in [0.15, 0.2) is 0 Å². The Hall–Kier alpha value is -1.36. The first kappa shape index (κ1) is 10.2. The topological polar surface area (TPSA) is 70.1 Å². The number of aromatic nitrogens is 2. The van der Waals surface area contributed by atoms with Gasteiger partial charge < -0.3 is 10.5 Å². The van der Waals surface area contributed by atoms with Crippen LogP contribution < -0.4 is 11.3 Å². The molecule has 0 aliphatic carbocycles. The van der Waals surface area contributed by atoms with Gasteiger partial charge >= 0.3 is 0 Å². The van der Waals surface area contributed by atoms with Gasteiger partial charge in [-0.1, -0.05) is 0 Å². The molecule has 0 unspecified atom stereocenters. The van der Waals surface area contributed by atoms with E-state index in [4.69, 9.17) is 10.5 Å². The van der Waals surface area contributed by atoms with Crippen molar-refractivity contribution in [3.8, 4) is 0 Å². The lowest BCUT2D eigenvalue weighted by molar-refractivity contribution is 0.0597. The zero-order chi connectivity index (χ0) is 10.7. The Kier molecular flexibility index (Phi) is 3.01. The molecule has 1 aromatic heterocycles. The minimum atomic E-state index is -0.0873. The number of anilines is 1. The standard InChI is InChI=1S/C10H15N3O2/c11-9-1-2-10(14)13(12-9)7-8-3-5-15-6-4-8/h1-2,8H,3-7H2,(H2,11,12). The fourth-order valence-corrected chi connectivity index (χ4v) is 1.77. The Morgan fingerprint density at radius 3 is 2.93 bits per heavy atom. The van der Waals surface area contributed by atoms with Crippen LogP contribution in [0, 0.1) is 5.92 Å². The van der Waals surface area contributed by atoms with Crippen LogP contribution in [0.25, 0.3) is 0 Å². The summed E-state index contributed by atoms with van der Waals surface area (Å²) in [5.41, 5.74) is 5.45. The first-order valence-electron chi connectivity index (χ1n) is 5.17. The molecule has 0 bridgehead atoms. The Morgan fingerprint density at radius 2 is 2.20 bits per heavy atom. The lowest BCUT2D eigenvalue weighted by Gasteiger charge is -2.21. The Labute approximate surface area is 87.8 Å². The maximum atomic E-state index is 11.5. The molecule has 2 N–H and O–H groups in total. The Bertz CT molecular complexity index is 382. The van der Waals surface area contributed by atoms with Gasteiger partial charge in [-0.25, -0.2) is 4.68 Å². The molecule has 5 nitrogen and oxygen atoms in total. The van der Waals surface area contributed by atoms with Crippen LogP contribution in [0.15, 0.2) is 16.9 Å². The van der Waals surface area contributed by atoms with Gasteiger partial charge in [-0.15, -0.1) is 0 Å². The average molecular weight is 209 g/mol. The summed E-state index contributed by atoms with van der Waals surface area (Å²) in [4.78, 5) is 11.5. The molecule has 1 aliphatic rings. The van der Waals surface area contributed by atoms with Crippen LogP contribution in [0.5, 0.6) is 0 Å². The van der Waals surface area contributed by atoms with Gasteiger partial charge in [-0.2, -0.15) is 5.10 Å². The maximum absolute atomic E-state index is 11.5. The predicted octanol–water partition coefficient (Wildman–Crippen LogP) is 0.252. The second-order valence-electron chi connectivity index (χ2n) is 3.83. The van der Waals surface area contributed by atoms with E-state index in [2.05, 4.69) is 5.10 Å². The number of nitrogens with two attached hydrogens (primary N) is 1. The van der Waals surface area contributed by atoms with Crippen molar-refractivity contribution in [3.05, 3.63) is 22.5 Å². The normalized spacial score (nSPS) is 17.9. The molecule has 0 amide bonds. The fraction of sp³-hybridized carbons (Fsp3) is 0.600. The molecule has 0 atom stereocenters. The molecule has 0 spiro atoms. The molecule has 15 heavy (non-hydrogen) atoms. The van der Waals surface area contributed by atoms with E-state index >= 15 is 0 Å². The number of rotatable bonds is 2. The molecule has 1 saturated heterocycles. The SMILES string of the molecule is Nc1ccc(=O)n(CC2CCOCC2)n1. The van der Waals surface area contributed by atoms with E-state index < -0.39 is 0 Å². The van der Waals surface area contributed by atoms with Crippen molar-refractivity contribution in [2.24, 2.45) is 5.92 Å². The highest BCUT2D eigenvalue weighted by Gasteiger charge is 2.15. The van der Waals surface area contributed by atoms with Crippen LogP contribution in [0.1, 0.15) is 12.8 Å². The molecule has 0 radical (unpaired) electrons. The summed E-state index contributed by atoms with van der Waals surface area (Å²) in [6.07, 6.45) is 1.98. The summed E-state index contributed by atoms with van der Waals surface area (Å²) in [5.74, 6) is 0.868. The van der Waals surface area contributed by atoms with E-state index in [1.807, 2.05) is 0 Å². The van der Waals surface area contributed by atoms with Gasteiger partial charge in [0.2, 0.25) is 0 Å². The van der Waals surface area contributed by atoms with E-state index in [1.165, 1.54) is 16.8 Å². The maximum Gasteiger partial charge on any atom is 0.266 e. The third kappa shape index (κ3) is 2.56. The number of hydrogen-bond acceptors (Lipinski definition) is 4. The van der Waals surface area contributed by atoms with Crippen LogP contribution in [0.4, 0.5) is 5.82 Å². The Balaban J connectivity index is 2.09. The van der Waals surface area contributed by atoms with Gasteiger partial charge in [-0.05, 0) is 24.8 Å². The smallest absolute Gasteiger partial charge is 0.266 e. The number of hydrogen-bond donors (Lipinski definition) is 1. The molecule has 1 aromatic rings. The lowest BCUT2D eigenvalue weighted by Crippen LogP contribution is -2.29. The highest BCUT2D eigenvalue weighted by atomic mass is 16.5. The molecule has 2 heterocycles. The summed E-state index contributed by atoms with van der Waals surface area (Å²) in [6.45, 7) is 2.21. The largest absolute Gasteiger partial charge is 0.382 e. The van der Waals surface area contributed by atoms with Gasteiger partial charge in [0, 0.05) is 25.8 Å². The monoisotopic (exact) mass is 209 g/mol. The molecule has 0 saturated carbocycles. The Morgan fingerprint density at radius 1 is 1.47 bits per heavy atom. The molecular formula is C10H15N3O2. The van der Waals surface area contributed by atoms with Crippen molar-refractivity contribution >= 4 is 5.82 Å². The molecule has 2 rings (SSSR count). The van der Waals surface area contributed by atoms with Gasteiger partial charge in [0.05, 0.1) is 0 Å². The quantitative estimate of drug-likeness (QED) is 0.758.